The average molecular weight is 535 g/mol. The molecule has 1 aliphatic heterocycles. The van der Waals surface area contributed by atoms with Crippen molar-refractivity contribution in [3.05, 3.63) is 81.2 Å². The maximum Gasteiger partial charge on any atom is 0.226 e. The number of fused-ring (bicyclic) bond motifs is 1. The Kier molecular flexibility index (Phi) is 5.86. The third kappa shape index (κ3) is 4.66. The molecule has 3 aromatic rings. The number of carbonyl (C=O) groups excluding carboxylic acids is 1. The number of allylic oxidation sites excluding steroid dienone is 2. The zero-order chi connectivity index (χ0) is 25.0. The first-order chi connectivity index (χ1) is 16.5. The minimum atomic E-state index is -0.400. The quantitative estimate of drug-likeness (QED) is 0.409. The number of benzene rings is 2. The fourth-order valence-corrected chi connectivity index (χ4v) is 5.34. The van der Waals surface area contributed by atoms with Crippen LogP contribution in [0.25, 0.3) is 0 Å². The van der Waals surface area contributed by atoms with E-state index in [1.54, 1.807) is 4.68 Å². The normalized spacial score (nSPS) is 19.1. The van der Waals surface area contributed by atoms with Gasteiger partial charge in [0.15, 0.2) is 5.78 Å². The van der Waals surface area contributed by atoms with Gasteiger partial charge in [-0.2, -0.15) is 10.1 Å². The van der Waals surface area contributed by atoms with E-state index in [4.69, 9.17) is 4.74 Å². The van der Waals surface area contributed by atoms with Crippen LogP contribution in [-0.2, 0) is 16.8 Å². The van der Waals surface area contributed by atoms with Gasteiger partial charge >= 0.3 is 0 Å². The van der Waals surface area contributed by atoms with Crippen LogP contribution in [-0.4, -0.2) is 20.5 Å². The van der Waals surface area contributed by atoms with Crippen molar-refractivity contribution in [2.75, 3.05) is 5.32 Å². The molecule has 0 amide bonds. The third-order valence-electron chi connectivity index (χ3n) is 6.75. The molecule has 35 heavy (non-hydrogen) atoms. The van der Waals surface area contributed by atoms with Crippen LogP contribution in [0.4, 0.5) is 5.95 Å². The Balaban J connectivity index is 1.52. The Bertz CT molecular complexity index is 1320. The summed E-state index contributed by atoms with van der Waals surface area (Å²) in [6.45, 7) is 11.3. The molecule has 2 aliphatic rings. The van der Waals surface area contributed by atoms with E-state index < -0.39 is 6.04 Å². The van der Waals surface area contributed by atoms with Gasteiger partial charge in [-0.05, 0) is 46.6 Å². The predicted molar refractivity (Wildman–Crippen MR) is 140 cm³/mol. The number of rotatable bonds is 4. The zero-order valence-corrected chi connectivity index (χ0v) is 22.4. The molecule has 6 nitrogen and oxygen atoms in total. The molecule has 1 aliphatic carbocycles. The second-order valence-corrected chi connectivity index (χ2v) is 12.2. The summed E-state index contributed by atoms with van der Waals surface area (Å²) in [5.74, 6) is 1.51. The Morgan fingerprint density at radius 3 is 2.60 bits per heavy atom. The highest BCUT2D eigenvalue weighted by Crippen LogP contribution is 2.47. The summed E-state index contributed by atoms with van der Waals surface area (Å²) in [7, 11) is 0. The number of Topliss-reactive ketones (excluding diaryl/α,β-unsaturated/α-hetero) is 1. The number of hydrogen-bond acceptors (Lipinski definition) is 5. The average Bonchev–Trinajstić information content (AvgIpc) is 3.24. The van der Waals surface area contributed by atoms with Gasteiger partial charge in [0.25, 0.3) is 0 Å². The van der Waals surface area contributed by atoms with Gasteiger partial charge < -0.3 is 10.1 Å². The number of nitrogens with one attached hydrogen (secondary N) is 1. The molecule has 182 valence electrons. The van der Waals surface area contributed by atoms with Crippen molar-refractivity contribution in [3.8, 4) is 5.75 Å². The standard InChI is InChI=1S/C28H31BrN4O2/c1-27(2,3)18-8-6-17(7-9-18)15-35-23-11-10-19(29)12-20(23)25-24-21(13-28(4,5)14-22(24)34)32-26-30-16-31-33(25)26/h6-12,16,25H,13-15H2,1-5H3,(H,30,31,32). The minimum absolute atomic E-state index is 0.106. The molecule has 7 heteroatoms. The Labute approximate surface area is 214 Å². The number of aromatic nitrogens is 3. The monoisotopic (exact) mass is 534 g/mol. The van der Waals surface area contributed by atoms with Crippen molar-refractivity contribution >= 4 is 27.7 Å². The first-order valence-corrected chi connectivity index (χ1v) is 12.8. The first kappa shape index (κ1) is 23.8. The van der Waals surface area contributed by atoms with Crippen LogP contribution < -0.4 is 10.1 Å². The Morgan fingerprint density at radius 2 is 1.89 bits per heavy atom. The van der Waals surface area contributed by atoms with Gasteiger partial charge in [0, 0.05) is 27.7 Å². The number of halogens is 1. The van der Waals surface area contributed by atoms with Gasteiger partial charge in [-0.3, -0.25) is 4.79 Å². The molecule has 2 aromatic carbocycles. The highest BCUT2D eigenvalue weighted by atomic mass is 79.9. The molecule has 1 unspecified atom stereocenters. The van der Waals surface area contributed by atoms with Gasteiger partial charge in [-0.25, -0.2) is 4.68 Å². The number of carbonyl (C=O) groups is 1. The highest BCUT2D eigenvalue weighted by molar-refractivity contribution is 9.10. The molecule has 0 spiro atoms. The number of ketones is 1. The summed E-state index contributed by atoms with van der Waals surface area (Å²) in [4.78, 5) is 17.8. The summed E-state index contributed by atoms with van der Waals surface area (Å²) in [6.07, 6.45) is 2.80. The molecule has 0 radical (unpaired) electrons. The second-order valence-electron chi connectivity index (χ2n) is 11.3. The summed E-state index contributed by atoms with van der Waals surface area (Å²) in [5, 5.41) is 7.85. The van der Waals surface area contributed by atoms with Crippen LogP contribution in [0.5, 0.6) is 5.75 Å². The van der Waals surface area contributed by atoms with E-state index in [2.05, 4.69) is 90.2 Å². The molecule has 0 saturated heterocycles. The lowest BCUT2D eigenvalue weighted by atomic mass is 9.73. The van der Waals surface area contributed by atoms with E-state index in [9.17, 15) is 4.79 Å². The van der Waals surface area contributed by atoms with Crippen molar-refractivity contribution in [3.63, 3.8) is 0 Å². The minimum Gasteiger partial charge on any atom is -0.489 e. The lowest BCUT2D eigenvalue weighted by Gasteiger charge is -2.38. The van der Waals surface area contributed by atoms with E-state index in [1.807, 2.05) is 18.2 Å². The van der Waals surface area contributed by atoms with Crippen LogP contribution >= 0.6 is 15.9 Å². The van der Waals surface area contributed by atoms with Gasteiger partial charge in [0.05, 0.1) is 0 Å². The van der Waals surface area contributed by atoms with Gasteiger partial charge in [0.1, 0.15) is 24.7 Å². The summed E-state index contributed by atoms with van der Waals surface area (Å²) < 4.78 is 9.08. The molecule has 1 aromatic heterocycles. The van der Waals surface area contributed by atoms with E-state index in [-0.39, 0.29) is 16.6 Å². The van der Waals surface area contributed by atoms with Crippen LogP contribution in [0.1, 0.15) is 70.2 Å². The van der Waals surface area contributed by atoms with E-state index in [0.29, 0.717) is 19.0 Å². The molecule has 1 atom stereocenters. The van der Waals surface area contributed by atoms with Crippen LogP contribution in [0.3, 0.4) is 0 Å². The number of anilines is 1. The van der Waals surface area contributed by atoms with Crippen molar-refractivity contribution in [1.82, 2.24) is 14.8 Å². The molecule has 0 fully saturated rings. The lowest BCUT2D eigenvalue weighted by Crippen LogP contribution is -2.36. The van der Waals surface area contributed by atoms with Gasteiger partial charge in [0.2, 0.25) is 5.95 Å². The summed E-state index contributed by atoms with van der Waals surface area (Å²) >= 11 is 3.62. The highest BCUT2D eigenvalue weighted by Gasteiger charge is 2.42. The van der Waals surface area contributed by atoms with Crippen LogP contribution in [0, 0.1) is 5.41 Å². The van der Waals surface area contributed by atoms with Gasteiger partial charge in [-0.15, -0.1) is 0 Å². The lowest BCUT2D eigenvalue weighted by molar-refractivity contribution is -0.118. The second kappa shape index (κ2) is 8.63. The smallest absolute Gasteiger partial charge is 0.226 e. The summed E-state index contributed by atoms with van der Waals surface area (Å²) in [6, 6.07) is 14.1. The molecule has 1 N–H and O–H groups in total. The van der Waals surface area contributed by atoms with E-state index in [0.717, 1.165) is 39.0 Å². The Hall–Kier alpha value is -2.93. The number of hydrogen-bond donors (Lipinski definition) is 1. The topological polar surface area (TPSA) is 69.0 Å². The van der Waals surface area contributed by atoms with Crippen molar-refractivity contribution in [2.45, 2.75) is 65.5 Å². The molecular formula is C28H31BrN4O2. The summed E-state index contributed by atoms with van der Waals surface area (Å²) in [5.41, 5.74) is 4.95. The number of nitrogens with zero attached hydrogens (tertiary/aromatic N) is 3. The largest absolute Gasteiger partial charge is 0.489 e. The molecule has 0 saturated carbocycles. The molecular weight excluding hydrogens is 504 g/mol. The van der Waals surface area contributed by atoms with Crippen molar-refractivity contribution in [1.29, 1.82) is 0 Å². The fraction of sp³-hybridized carbons (Fsp3) is 0.393. The van der Waals surface area contributed by atoms with Crippen LogP contribution in [0.15, 0.2) is 64.5 Å². The van der Waals surface area contributed by atoms with Crippen LogP contribution in [0.2, 0.25) is 0 Å². The van der Waals surface area contributed by atoms with Gasteiger partial charge in [-0.1, -0.05) is 74.8 Å². The third-order valence-corrected chi connectivity index (χ3v) is 7.25. The van der Waals surface area contributed by atoms with E-state index >= 15 is 0 Å². The predicted octanol–water partition coefficient (Wildman–Crippen LogP) is 6.58. The van der Waals surface area contributed by atoms with Crippen molar-refractivity contribution < 1.29 is 9.53 Å². The molecule has 0 bridgehead atoms. The first-order valence-electron chi connectivity index (χ1n) is 12.0. The van der Waals surface area contributed by atoms with Crippen molar-refractivity contribution in [2.24, 2.45) is 5.41 Å². The molecule has 5 rings (SSSR count). The SMILES string of the molecule is CC1(C)CC(=O)C2=C(C1)Nc1ncnn1C2c1cc(Br)ccc1OCc1ccc(C(C)(C)C)cc1. The molecule has 2 heterocycles. The fourth-order valence-electron chi connectivity index (χ4n) is 4.96. The number of ether oxygens (including phenoxy) is 1. The maximum atomic E-state index is 13.4. The maximum absolute atomic E-state index is 13.4. The van der Waals surface area contributed by atoms with E-state index in [1.165, 1.54) is 11.9 Å². The zero-order valence-electron chi connectivity index (χ0n) is 20.9. The Morgan fingerprint density at radius 1 is 1.14 bits per heavy atom.